The van der Waals surface area contributed by atoms with Crippen LogP contribution in [0.25, 0.3) is 0 Å². The standard InChI is InChI=1S/C10H9NO4S/c1-2-7-16(14,15)8-9-3-5-10(6-4-9)11(12)13/h1,3-6H,7-8H2. The highest BCUT2D eigenvalue weighted by Crippen LogP contribution is 2.14. The Balaban J connectivity index is 2.85. The first-order valence-electron chi connectivity index (χ1n) is 4.32. The highest BCUT2D eigenvalue weighted by atomic mass is 32.2. The lowest BCUT2D eigenvalue weighted by atomic mass is 10.2. The predicted molar refractivity (Wildman–Crippen MR) is 59.4 cm³/mol. The van der Waals surface area contributed by atoms with Gasteiger partial charge in [0.2, 0.25) is 0 Å². The smallest absolute Gasteiger partial charge is 0.258 e. The third-order valence-electron chi connectivity index (χ3n) is 1.84. The first kappa shape index (κ1) is 12.2. The molecule has 0 spiro atoms. The lowest BCUT2D eigenvalue weighted by Crippen LogP contribution is -2.07. The lowest BCUT2D eigenvalue weighted by Gasteiger charge is -2.00. The van der Waals surface area contributed by atoms with Crippen molar-refractivity contribution in [2.75, 3.05) is 5.75 Å². The molecule has 6 heteroatoms. The zero-order valence-corrected chi connectivity index (χ0v) is 9.11. The Morgan fingerprint density at radius 2 is 1.88 bits per heavy atom. The number of non-ortho nitro benzene ring substituents is 1. The van der Waals surface area contributed by atoms with Crippen molar-refractivity contribution in [2.45, 2.75) is 5.75 Å². The average Bonchev–Trinajstić information content (AvgIpc) is 2.17. The van der Waals surface area contributed by atoms with Crippen LogP contribution in [0.5, 0.6) is 0 Å². The van der Waals surface area contributed by atoms with Gasteiger partial charge in [-0.3, -0.25) is 10.1 Å². The van der Waals surface area contributed by atoms with Crippen LogP contribution >= 0.6 is 0 Å². The van der Waals surface area contributed by atoms with Crippen molar-refractivity contribution >= 4 is 15.5 Å². The zero-order chi connectivity index (χ0) is 12.2. The van der Waals surface area contributed by atoms with E-state index in [1.54, 1.807) is 0 Å². The second-order valence-corrected chi connectivity index (χ2v) is 5.22. The number of nitrogens with zero attached hydrogens (tertiary/aromatic N) is 1. The molecule has 1 aromatic rings. The number of nitro groups is 1. The van der Waals surface area contributed by atoms with E-state index in [2.05, 4.69) is 5.92 Å². The molecule has 0 aliphatic heterocycles. The largest absolute Gasteiger partial charge is 0.269 e. The number of nitro benzene ring substituents is 1. The molecule has 0 radical (unpaired) electrons. The fourth-order valence-corrected chi connectivity index (χ4v) is 2.20. The van der Waals surface area contributed by atoms with Gasteiger partial charge >= 0.3 is 0 Å². The van der Waals surface area contributed by atoms with E-state index in [9.17, 15) is 18.5 Å². The Bertz CT molecular complexity index is 525. The Hall–Kier alpha value is -1.87. The molecule has 16 heavy (non-hydrogen) atoms. The number of terminal acetylenes is 1. The van der Waals surface area contributed by atoms with Crippen molar-refractivity contribution in [3.05, 3.63) is 39.9 Å². The maximum atomic E-state index is 11.3. The minimum Gasteiger partial charge on any atom is -0.258 e. The predicted octanol–water partition coefficient (Wildman–Crippen LogP) is 1.14. The van der Waals surface area contributed by atoms with E-state index >= 15 is 0 Å². The molecule has 0 saturated carbocycles. The SMILES string of the molecule is C#CCS(=O)(=O)Cc1ccc([N+](=O)[O-])cc1. The fraction of sp³-hybridized carbons (Fsp3) is 0.200. The van der Waals surface area contributed by atoms with Crippen LogP contribution in [0.4, 0.5) is 5.69 Å². The van der Waals surface area contributed by atoms with Crippen LogP contribution in [0.2, 0.25) is 0 Å². The number of benzene rings is 1. The Kier molecular flexibility index (Phi) is 3.64. The molecule has 0 aliphatic rings. The molecule has 0 unspecified atom stereocenters. The summed E-state index contributed by atoms with van der Waals surface area (Å²) in [5, 5.41) is 10.4. The molecule has 1 aromatic carbocycles. The van der Waals surface area contributed by atoms with Gasteiger partial charge in [0.25, 0.3) is 5.69 Å². The third-order valence-corrected chi connectivity index (χ3v) is 3.22. The quantitative estimate of drug-likeness (QED) is 0.448. The van der Waals surface area contributed by atoms with Gasteiger partial charge in [-0.1, -0.05) is 18.1 Å². The summed E-state index contributed by atoms with van der Waals surface area (Å²) in [6, 6.07) is 5.35. The molecule has 0 saturated heterocycles. The summed E-state index contributed by atoms with van der Waals surface area (Å²) in [6.45, 7) is 0. The van der Waals surface area contributed by atoms with E-state index in [4.69, 9.17) is 6.42 Å². The van der Waals surface area contributed by atoms with Crippen molar-refractivity contribution in [1.82, 2.24) is 0 Å². The van der Waals surface area contributed by atoms with Gasteiger partial charge in [-0.05, 0) is 5.56 Å². The van der Waals surface area contributed by atoms with E-state index < -0.39 is 14.8 Å². The van der Waals surface area contributed by atoms with Crippen molar-refractivity contribution in [3.8, 4) is 12.3 Å². The van der Waals surface area contributed by atoms with E-state index in [1.165, 1.54) is 24.3 Å². The highest BCUT2D eigenvalue weighted by Gasteiger charge is 2.11. The van der Waals surface area contributed by atoms with Gasteiger partial charge in [-0.15, -0.1) is 6.42 Å². The van der Waals surface area contributed by atoms with Crippen LogP contribution in [0, 0.1) is 22.5 Å². The fourth-order valence-electron chi connectivity index (χ4n) is 1.15. The van der Waals surface area contributed by atoms with E-state index in [-0.39, 0.29) is 17.2 Å². The van der Waals surface area contributed by atoms with E-state index in [0.717, 1.165) is 0 Å². The second kappa shape index (κ2) is 4.77. The van der Waals surface area contributed by atoms with E-state index in [0.29, 0.717) is 5.56 Å². The molecule has 0 bridgehead atoms. The van der Waals surface area contributed by atoms with Crippen LogP contribution < -0.4 is 0 Å². The van der Waals surface area contributed by atoms with Gasteiger partial charge in [-0.25, -0.2) is 8.42 Å². The minimum absolute atomic E-state index is 0.0712. The Morgan fingerprint density at radius 3 is 2.31 bits per heavy atom. The van der Waals surface area contributed by atoms with E-state index in [1.807, 2.05) is 0 Å². The molecular weight excluding hydrogens is 230 g/mol. The molecule has 5 nitrogen and oxygen atoms in total. The van der Waals surface area contributed by atoms with Gasteiger partial charge < -0.3 is 0 Å². The van der Waals surface area contributed by atoms with Crippen molar-refractivity contribution in [3.63, 3.8) is 0 Å². The van der Waals surface area contributed by atoms with Crippen LogP contribution in [0.15, 0.2) is 24.3 Å². The Morgan fingerprint density at radius 1 is 1.31 bits per heavy atom. The monoisotopic (exact) mass is 239 g/mol. The van der Waals surface area contributed by atoms with Crippen molar-refractivity contribution in [2.24, 2.45) is 0 Å². The summed E-state index contributed by atoms with van der Waals surface area (Å²) < 4.78 is 22.7. The number of hydrogen-bond acceptors (Lipinski definition) is 4. The summed E-state index contributed by atoms with van der Waals surface area (Å²) in [4.78, 5) is 9.82. The minimum atomic E-state index is -3.32. The topological polar surface area (TPSA) is 77.3 Å². The summed E-state index contributed by atoms with van der Waals surface area (Å²) >= 11 is 0. The van der Waals surface area contributed by atoms with Gasteiger partial charge in [0.05, 0.1) is 10.7 Å². The summed E-state index contributed by atoms with van der Waals surface area (Å²) in [6.07, 6.45) is 4.91. The maximum Gasteiger partial charge on any atom is 0.269 e. The molecule has 0 aromatic heterocycles. The summed E-state index contributed by atoms with van der Waals surface area (Å²) in [5.41, 5.74) is 0.416. The second-order valence-electron chi connectivity index (χ2n) is 3.16. The number of sulfone groups is 1. The van der Waals surface area contributed by atoms with Gasteiger partial charge in [-0.2, -0.15) is 0 Å². The lowest BCUT2D eigenvalue weighted by molar-refractivity contribution is -0.384. The van der Waals surface area contributed by atoms with Gasteiger partial charge in [0, 0.05) is 12.1 Å². The molecule has 1 rings (SSSR count). The molecule has 0 fully saturated rings. The molecule has 0 heterocycles. The van der Waals surface area contributed by atoms with Crippen LogP contribution in [-0.4, -0.2) is 19.1 Å². The van der Waals surface area contributed by atoms with Crippen molar-refractivity contribution in [1.29, 1.82) is 0 Å². The maximum absolute atomic E-state index is 11.3. The van der Waals surface area contributed by atoms with Crippen molar-refractivity contribution < 1.29 is 13.3 Å². The van der Waals surface area contributed by atoms with Gasteiger partial charge in [0.1, 0.15) is 5.75 Å². The third kappa shape index (κ3) is 3.37. The molecule has 0 aliphatic carbocycles. The molecular formula is C10H9NO4S. The normalized spacial score (nSPS) is 10.7. The summed E-state index contributed by atoms with van der Waals surface area (Å²) in [5.74, 6) is 1.53. The van der Waals surface area contributed by atoms with Crippen LogP contribution in [-0.2, 0) is 15.6 Å². The zero-order valence-electron chi connectivity index (χ0n) is 8.29. The summed E-state index contributed by atoms with van der Waals surface area (Å²) in [7, 11) is -3.32. The number of hydrogen-bond donors (Lipinski definition) is 0. The molecule has 0 amide bonds. The first-order valence-corrected chi connectivity index (χ1v) is 6.14. The number of rotatable bonds is 4. The van der Waals surface area contributed by atoms with Gasteiger partial charge in [0.15, 0.2) is 9.84 Å². The first-order chi connectivity index (χ1) is 7.44. The van der Waals surface area contributed by atoms with Crippen LogP contribution in [0.3, 0.4) is 0 Å². The molecule has 0 atom stereocenters. The average molecular weight is 239 g/mol. The molecule has 84 valence electrons. The highest BCUT2D eigenvalue weighted by molar-refractivity contribution is 7.90. The Labute approximate surface area is 93.2 Å². The van der Waals surface area contributed by atoms with Crippen LogP contribution in [0.1, 0.15) is 5.56 Å². The molecule has 0 N–H and O–H groups in total.